The molecule has 9 heteroatoms. The van der Waals surface area contributed by atoms with Crippen LogP contribution in [0.15, 0.2) is 65.5 Å². The number of carbonyl (C=O) groups is 1. The molecular weight excluding hydrogens is 386 g/mol. The van der Waals surface area contributed by atoms with Gasteiger partial charge in [-0.05, 0) is 52.4 Å². The molecule has 0 saturated carbocycles. The molecule has 0 aliphatic heterocycles. The third kappa shape index (κ3) is 3.86. The molecule has 0 aliphatic carbocycles. The van der Waals surface area contributed by atoms with E-state index in [4.69, 9.17) is 13.9 Å². The van der Waals surface area contributed by atoms with E-state index in [0.29, 0.717) is 28.5 Å². The first-order valence-corrected chi connectivity index (χ1v) is 9.10. The minimum atomic E-state index is -0.260. The number of nitrogens with zero attached hydrogens (tertiary/aromatic N) is 4. The standard InChI is InChI=1S/C21H19N5O4/c1-28-19-7-3-6-18(20(19)29-2)14-9-15(11-16(10-14)26-13-23-24-25-26)21(27)22-12-17-5-4-8-30-17/h3-11,13H,12H2,1-2H3,(H,22,27). The summed E-state index contributed by atoms with van der Waals surface area (Å²) in [5, 5.41) is 14.2. The highest BCUT2D eigenvalue weighted by Crippen LogP contribution is 2.38. The van der Waals surface area contributed by atoms with Crippen LogP contribution >= 0.6 is 0 Å². The van der Waals surface area contributed by atoms with E-state index in [1.54, 1.807) is 44.7 Å². The van der Waals surface area contributed by atoms with Crippen LogP contribution in [0.5, 0.6) is 11.5 Å². The van der Waals surface area contributed by atoms with E-state index in [0.717, 1.165) is 11.1 Å². The molecule has 1 amide bonds. The summed E-state index contributed by atoms with van der Waals surface area (Å²) in [5.41, 5.74) is 2.59. The number of hydrogen-bond donors (Lipinski definition) is 1. The van der Waals surface area contributed by atoms with Gasteiger partial charge in [-0.1, -0.05) is 12.1 Å². The van der Waals surface area contributed by atoms with Gasteiger partial charge in [0.2, 0.25) is 0 Å². The molecule has 1 N–H and O–H groups in total. The van der Waals surface area contributed by atoms with Crippen molar-refractivity contribution in [3.63, 3.8) is 0 Å². The number of para-hydroxylation sites is 1. The van der Waals surface area contributed by atoms with Crippen LogP contribution in [0.25, 0.3) is 16.8 Å². The largest absolute Gasteiger partial charge is 0.493 e. The highest BCUT2D eigenvalue weighted by molar-refractivity contribution is 5.96. The van der Waals surface area contributed by atoms with Crippen molar-refractivity contribution in [2.75, 3.05) is 14.2 Å². The van der Waals surface area contributed by atoms with Crippen LogP contribution in [-0.4, -0.2) is 40.3 Å². The van der Waals surface area contributed by atoms with Crippen LogP contribution in [0.3, 0.4) is 0 Å². The summed E-state index contributed by atoms with van der Waals surface area (Å²) in [6.45, 7) is 0.277. The lowest BCUT2D eigenvalue weighted by Gasteiger charge is -2.15. The summed E-state index contributed by atoms with van der Waals surface area (Å²) in [6.07, 6.45) is 3.03. The maximum Gasteiger partial charge on any atom is 0.251 e. The molecule has 0 spiro atoms. The van der Waals surface area contributed by atoms with Gasteiger partial charge in [-0.15, -0.1) is 5.10 Å². The van der Waals surface area contributed by atoms with Crippen molar-refractivity contribution >= 4 is 5.91 Å². The quantitative estimate of drug-likeness (QED) is 0.504. The van der Waals surface area contributed by atoms with E-state index in [1.165, 1.54) is 11.0 Å². The summed E-state index contributed by atoms with van der Waals surface area (Å²) >= 11 is 0. The fraction of sp³-hybridized carbons (Fsp3) is 0.143. The van der Waals surface area contributed by atoms with Gasteiger partial charge in [0.25, 0.3) is 5.91 Å². The summed E-state index contributed by atoms with van der Waals surface area (Å²) in [5.74, 6) is 1.56. The molecule has 2 aromatic carbocycles. The molecule has 0 atom stereocenters. The highest BCUT2D eigenvalue weighted by atomic mass is 16.5. The van der Waals surface area contributed by atoms with Crippen LogP contribution in [0.2, 0.25) is 0 Å². The Morgan fingerprint density at radius 3 is 2.73 bits per heavy atom. The first kappa shape index (κ1) is 19.2. The van der Waals surface area contributed by atoms with Crippen molar-refractivity contribution in [2.45, 2.75) is 6.54 Å². The number of rotatable bonds is 7. The fourth-order valence-electron chi connectivity index (χ4n) is 3.11. The van der Waals surface area contributed by atoms with Crippen LogP contribution in [0.4, 0.5) is 0 Å². The molecule has 2 aromatic heterocycles. The molecule has 0 unspecified atom stereocenters. The first-order chi connectivity index (χ1) is 14.7. The zero-order valence-electron chi connectivity index (χ0n) is 16.4. The van der Waals surface area contributed by atoms with Crippen molar-refractivity contribution < 1.29 is 18.7 Å². The Hall–Kier alpha value is -4.14. The van der Waals surface area contributed by atoms with Gasteiger partial charge in [0.1, 0.15) is 12.1 Å². The van der Waals surface area contributed by atoms with Gasteiger partial charge in [0.15, 0.2) is 11.5 Å². The Morgan fingerprint density at radius 1 is 1.13 bits per heavy atom. The average Bonchev–Trinajstić information content (AvgIpc) is 3.51. The van der Waals surface area contributed by atoms with E-state index in [9.17, 15) is 4.79 Å². The molecule has 4 aromatic rings. The normalized spacial score (nSPS) is 10.6. The monoisotopic (exact) mass is 405 g/mol. The van der Waals surface area contributed by atoms with Crippen LogP contribution < -0.4 is 14.8 Å². The zero-order valence-corrected chi connectivity index (χ0v) is 16.4. The number of methoxy groups -OCH3 is 2. The zero-order chi connectivity index (χ0) is 20.9. The second-order valence-corrected chi connectivity index (χ2v) is 6.33. The molecule has 30 heavy (non-hydrogen) atoms. The number of furan rings is 1. The third-order valence-corrected chi connectivity index (χ3v) is 4.51. The fourth-order valence-corrected chi connectivity index (χ4v) is 3.11. The van der Waals surface area contributed by atoms with Gasteiger partial charge in [-0.25, -0.2) is 4.68 Å². The molecule has 4 rings (SSSR count). The molecule has 0 saturated heterocycles. The van der Waals surface area contributed by atoms with Crippen LogP contribution in [0, 0.1) is 0 Å². The maximum atomic E-state index is 12.9. The predicted molar refractivity (Wildman–Crippen MR) is 108 cm³/mol. The summed E-state index contributed by atoms with van der Waals surface area (Å²) < 4.78 is 17.7. The lowest BCUT2D eigenvalue weighted by atomic mass is 10.00. The Balaban J connectivity index is 1.76. The third-order valence-electron chi connectivity index (χ3n) is 4.51. The van der Waals surface area contributed by atoms with Crippen molar-refractivity contribution in [3.05, 3.63) is 72.4 Å². The first-order valence-electron chi connectivity index (χ1n) is 9.10. The average molecular weight is 405 g/mol. The van der Waals surface area contributed by atoms with Crippen LogP contribution in [0.1, 0.15) is 16.1 Å². The maximum absolute atomic E-state index is 12.9. The van der Waals surface area contributed by atoms with Gasteiger partial charge in [-0.3, -0.25) is 4.79 Å². The van der Waals surface area contributed by atoms with Crippen molar-refractivity contribution in [2.24, 2.45) is 0 Å². The number of carbonyl (C=O) groups excluding carboxylic acids is 1. The van der Waals surface area contributed by atoms with E-state index >= 15 is 0 Å². The van der Waals surface area contributed by atoms with E-state index in [2.05, 4.69) is 20.8 Å². The second kappa shape index (κ2) is 8.48. The Bertz CT molecular complexity index is 1140. The molecule has 152 valence electrons. The molecule has 0 aliphatic rings. The lowest BCUT2D eigenvalue weighted by molar-refractivity contribution is 0.0948. The van der Waals surface area contributed by atoms with Crippen LogP contribution in [-0.2, 0) is 6.54 Å². The Kier molecular flexibility index (Phi) is 5.42. The number of hydrogen-bond acceptors (Lipinski definition) is 7. The molecule has 9 nitrogen and oxygen atoms in total. The van der Waals surface area contributed by atoms with Crippen molar-refractivity contribution in [3.8, 4) is 28.3 Å². The number of aromatic nitrogens is 4. The smallest absolute Gasteiger partial charge is 0.251 e. The topological polar surface area (TPSA) is 104 Å². The molecule has 2 heterocycles. The molecule has 0 fully saturated rings. The van der Waals surface area contributed by atoms with Gasteiger partial charge < -0.3 is 19.2 Å². The lowest BCUT2D eigenvalue weighted by Crippen LogP contribution is -2.22. The molecular formula is C21H19N5O4. The van der Waals surface area contributed by atoms with Crippen molar-refractivity contribution in [1.82, 2.24) is 25.5 Å². The van der Waals surface area contributed by atoms with E-state index < -0.39 is 0 Å². The number of benzene rings is 2. The second-order valence-electron chi connectivity index (χ2n) is 6.33. The summed E-state index contributed by atoms with van der Waals surface area (Å²) in [6, 6.07) is 14.5. The van der Waals surface area contributed by atoms with Crippen molar-refractivity contribution in [1.29, 1.82) is 0 Å². The predicted octanol–water partition coefficient (Wildman–Crippen LogP) is 2.87. The number of tetrazole rings is 1. The highest BCUT2D eigenvalue weighted by Gasteiger charge is 2.16. The van der Waals surface area contributed by atoms with Gasteiger partial charge >= 0.3 is 0 Å². The van der Waals surface area contributed by atoms with E-state index in [1.807, 2.05) is 24.3 Å². The van der Waals surface area contributed by atoms with Gasteiger partial charge in [0, 0.05) is 11.1 Å². The SMILES string of the molecule is COc1cccc(-c2cc(C(=O)NCc3ccco3)cc(-n3cnnn3)c2)c1OC. The molecule has 0 bridgehead atoms. The summed E-state index contributed by atoms with van der Waals surface area (Å²) in [4.78, 5) is 12.9. The van der Waals surface area contributed by atoms with Gasteiger partial charge in [0.05, 0.1) is 32.7 Å². The minimum absolute atomic E-state index is 0.260. The number of ether oxygens (including phenoxy) is 2. The number of nitrogens with one attached hydrogen (secondary N) is 1. The van der Waals surface area contributed by atoms with E-state index in [-0.39, 0.29) is 12.5 Å². The van der Waals surface area contributed by atoms with Gasteiger partial charge in [-0.2, -0.15) is 0 Å². The Morgan fingerprint density at radius 2 is 2.03 bits per heavy atom. The number of amides is 1. The summed E-state index contributed by atoms with van der Waals surface area (Å²) in [7, 11) is 3.15. The molecule has 0 radical (unpaired) electrons. The Labute approximate surface area is 172 Å². The minimum Gasteiger partial charge on any atom is -0.493 e.